The number of alkyl halides is 1. The van der Waals surface area contributed by atoms with Gasteiger partial charge in [-0.2, -0.15) is 0 Å². The summed E-state index contributed by atoms with van der Waals surface area (Å²) in [7, 11) is 1.48. The molecule has 0 bridgehead atoms. The summed E-state index contributed by atoms with van der Waals surface area (Å²) < 4.78 is 18.1. The van der Waals surface area contributed by atoms with Crippen molar-refractivity contribution < 1.29 is 9.13 Å². The lowest BCUT2D eigenvalue weighted by Crippen LogP contribution is -2.20. The van der Waals surface area contributed by atoms with Crippen molar-refractivity contribution in [2.24, 2.45) is 5.11 Å². The lowest BCUT2D eigenvalue weighted by molar-refractivity contribution is 0.0721. The smallest absolute Gasteiger partial charge is 0.101 e. The van der Waals surface area contributed by atoms with Gasteiger partial charge in [-0.25, -0.2) is 0 Å². The van der Waals surface area contributed by atoms with Gasteiger partial charge in [0.2, 0.25) is 0 Å². The van der Waals surface area contributed by atoms with Crippen molar-refractivity contribution in [2.45, 2.75) is 36.1 Å². The summed E-state index contributed by atoms with van der Waals surface area (Å²) in [4.78, 5) is 3.81. The molecule has 104 valence electrons. The maximum atomic E-state index is 12.9. The second-order valence-corrected chi connectivity index (χ2v) is 5.97. The predicted octanol–water partition coefficient (Wildman–Crippen LogP) is 4.52. The molecule has 0 saturated carbocycles. The van der Waals surface area contributed by atoms with Crippen LogP contribution in [0.4, 0.5) is 4.39 Å². The van der Waals surface area contributed by atoms with Crippen LogP contribution in [-0.4, -0.2) is 25.1 Å². The number of methoxy groups -OCH3 is 1. The van der Waals surface area contributed by atoms with E-state index < -0.39 is 18.8 Å². The van der Waals surface area contributed by atoms with Gasteiger partial charge in [-0.3, -0.25) is 4.39 Å². The highest BCUT2D eigenvalue weighted by atomic mass is 32.2. The fourth-order valence-corrected chi connectivity index (χ4v) is 2.60. The molecule has 0 N–H and O–H groups in total. The molecule has 0 aliphatic rings. The van der Waals surface area contributed by atoms with Crippen molar-refractivity contribution in [1.29, 1.82) is 0 Å². The molecule has 1 rings (SSSR count). The Morgan fingerprint density at radius 2 is 2.00 bits per heavy atom. The molecular formula is C13H18FN3OS. The number of halogens is 1. The molecule has 0 spiro atoms. The van der Waals surface area contributed by atoms with Crippen molar-refractivity contribution in [3.63, 3.8) is 0 Å². The number of benzene rings is 1. The SMILES string of the molecule is CO[C@H](c1ccc(SC(C)C)cc1)[C@@H](CF)N=[N+]=[N-]. The average Bonchev–Trinajstić information content (AvgIpc) is 2.39. The summed E-state index contributed by atoms with van der Waals surface area (Å²) >= 11 is 1.75. The van der Waals surface area contributed by atoms with Crippen LogP contribution in [0.2, 0.25) is 0 Å². The number of thioether (sulfide) groups is 1. The van der Waals surface area contributed by atoms with Crippen LogP contribution in [0, 0.1) is 0 Å². The number of nitrogens with zero attached hydrogens (tertiary/aromatic N) is 3. The highest BCUT2D eigenvalue weighted by Gasteiger charge is 2.22. The van der Waals surface area contributed by atoms with E-state index in [2.05, 4.69) is 23.9 Å². The summed E-state index contributed by atoms with van der Waals surface area (Å²) in [6, 6.07) is 6.87. The zero-order valence-corrected chi connectivity index (χ0v) is 12.1. The molecule has 0 saturated heterocycles. The van der Waals surface area contributed by atoms with Gasteiger partial charge in [-0.05, 0) is 23.2 Å². The van der Waals surface area contributed by atoms with Crippen molar-refractivity contribution in [2.75, 3.05) is 13.8 Å². The average molecular weight is 283 g/mol. The second-order valence-electron chi connectivity index (χ2n) is 4.32. The first-order valence-corrected chi connectivity index (χ1v) is 6.90. The molecule has 0 aliphatic carbocycles. The first kappa shape index (κ1) is 15.8. The van der Waals surface area contributed by atoms with Gasteiger partial charge in [0.25, 0.3) is 0 Å². The number of ether oxygens (including phenoxy) is 1. The van der Waals surface area contributed by atoms with Gasteiger partial charge in [0, 0.05) is 22.2 Å². The second kappa shape index (κ2) is 8.04. The Labute approximate surface area is 117 Å². The van der Waals surface area contributed by atoms with Gasteiger partial charge in [0.15, 0.2) is 0 Å². The van der Waals surface area contributed by atoms with Gasteiger partial charge >= 0.3 is 0 Å². The third kappa shape index (κ3) is 4.74. The Kier molecular flexibility index (Phi) is 6.70. The molecule has 0 aliphatic heterocycles. The van der Waals surface area contributed by atoms with Gasteiger partial charge < -0.3 is 4.74 Å². The number of hydrogen-bond donors (Lipinski definition) is 0. The quantitative estimate of drug-likeness (QED) is 0.319. The summed E-state index contributed by atoms with van der Waals surface area (Å²) in [6.07, 6.45) is -0.556. The Morgan fingerprint density at radius 3 is 2.42 bits per heavy atom. The molecule has 0 aromatic heterocycles. The standard InChI is InChI=1S/C13H18FN3OS/c1-9(2)19-11-6-4-10(5-7-11)13(18-3)12(8-14)16-17-15/h4-7,9,12-13H,8H2,1-3H3/t12-,13-/m1/s1. The molecule has 0 unspecified atom stereocenters. The maximum Gasteiger partial charge on any atom is 0.101 e. The Balaban J connectivity index is 2.89. The van der Waals surface area contributed by atoms with Crippen LogP contribution in [-0.2, 0) is 4.74 Å². The first-order chi connectivity index (χ1) is 9.12. The van der Waals surface area contributed by atoms with Gasteiger partial charge in [0.05, 0.1) is 12.1 Å². The van der Waals surface area contributed by atoms with Gasteiger partial charge in [-0.1, -0.05) is 31.1 Å². The van der Waals surface area contributed by atoms with E-state index in [0.717, 1.165) is 10.5 Å². The van der Waals surface area contributed by atoms with Gasteiger partial charge in [0.1, 0.15) is 6.67 Å². The molecule has 1 aromatic carbocycles. The van der Waals surface area contributed by atoms with Crippen LogP contribution in [0.1, 0.15) is 25.5 Å². The zero-order chi connectivity index (χ0) is 14.3. The van der Waals surface area contributed by atoms with E-state index in [1.165, 1.54) is 7.11 Å². The lowest BCUT2D eigenvalue weighted by Gasteiger charge is -2.20. The van der Waals surface area contributed by atoms with Crippen molar-refractivity contribution in [1.82, 2.24) is 0 Å². The maximum absolute atomic E-state index is 12.9. The Hall–Kier alpha value is -1.23. The number of hydrogen-bond acceptors (Lipinski definition) is 3. The van der Waals surface area contributed by atoms with Crippen LogP contribution in [0.25, 0.3) is 10.4 Å². The monoisotopic (exact) mass is 283 g/mol. The van der Waals surface area contributed by atoms with E-state index in [-0.39, 0.29) is 0 Å². The zero-order valence-electron chi connectivity index (χ0n) is 11.3. The summed E-state index contributed by atoms with van der Waals surface area (Å²) in [5.74, 6) is 0. The Morgan fingerprint density at radius 1 is 1.37 bits per heavy atom. The summed E-state index contributed by atoms with van der Waals surface area (Å²) in [6.45, 7) is 3.50. The summed E-state index contributed by atoms with van der Waals surface area (Å²) in [5, 5.41) is 3.94. The first-order valence-electron chi connectivity index (χ1n) is 6.02. The van der Waals surface area contributed by atoms with Gasteiger partial charge in [-0.15, -0.1) is 11.8 Å². The molecule has 19 heavy (non-hydrogen) atoms. The van der Waals surface area contributed by atoms with Crippen molar-refractivity contribution in [3.05, 3.63) is 40.3 Å². The highest BCUT2D eigenvalue weighted by Crippen LogP contribution is 2.28. The minimum Gasteiger partial charge on any atom is -0.376 e. The van der Waals surface area contributed by atoms with E-state index >= 15 is 0 Å². The third-order valence-corrected chi connectivity index (χ3v) is 3.56. The van der Waals surface area contributed by atoms with E-state index in [1.54, 1.807) is 11.8 Å². The molecule has 0 heterocycles. The van der Waals surface area contributed by atoms with Crippen LogP contribution in [0.15, 0.2) is 34.3 Å². The fraction of sp³-hybridized carbons (Fsp3) is 0.538. The Bertz CT molecular complexity index is 432. The molecule has 0 amide bonds. The van der Waals surface area contributed by atoms with E-state index in [0.29, 0.717) is 5.25 Å². The molecule has 6 heteroatoms. The van der Waals surface area contributed by atoms with E-state index in [4.69, 9.17) is 10.3 Å². The molecule has 0 fully saturated rings. The summed E-state index contributed by atoms with van der Waals surface area (Å²) in [5.41, 5.74) is 9.25. The molecule has 1 aromatic rings. The largest absolute Gasteiger partial charge is 0.376 e. The van der Waals surface area contributed by atoms with Crippen LogP contribution in [0.3, 0.4) is 0 Å². The fourth-order valence-electron chi connectivity index (χ4n) is 1.76. The van der Waals surface area contributed by atoms with Crippen molar-refractivity contribution in [3.8, 4) is 0 Å². The van der Waals surface area contributed by atoms with E-state index in [9.17, 15) is 4.39 Å². The predicted molar refractivity (Wildman–Crippen MR) is 76.1 cm³/mol. The lowest BCUT2D eigenvalue weighted by atomic mass is 10.0. The van der Waals surface area contributed by atoms with Crippen LogP contribution >= 0.6 is 11.8 Å². The minimum absolute atomic E-state index is 0.505. The topological polar surface area (TPSA) is 58.0 Å². The molecule has 0 radical (unpaired) electrons. The number of rotatable bonds is 7. The molecular weight excluding hydrogens is 265 g/mol. The van der Waals surface area contributed by atoms with Crippen molar-refractivity contribution >= 4 is 11.8 Å². The van der Waals surface area contributed by atoms with E-state index in [1.807, 2.05) is 24.3 Å². The number of azide groups is 1. The van der Waals surface area contributed by atoms with Crippen LogP contribution in [0.5, 0.6) is 0 Å². The highest BCUT2D eigenvalue weighted by molar-refractivity contribution is 7.99. The minimum atomic E-state index is -0.835. The normalized spacial score (nSPS) is 13.9. The van der Waals surface area contributed by atoms with Crippen LogP contribution < -0.4 is 0 Å². The third-order valence-electron chi connectivity index (χ3n) is 2.54. The molecule has 2 atom stereocenters. The molecule has 4 nitrogen and oxygen atoms in total.